The number of imidazole rings is 1. The zero-order chi connectivity index (χ0) is 12.8. The fourth-order valence-electron chi connectivity index (χ4n) is 2.90. The van der Waals surface area contributed by atoms with E-state index in [0.29, 0.717) is 5.95 Å². The van der Waals surface area contributed by atoms with Crippen molar-refractivity contribution in [1.82, 2.24) is 9.97 Å². The maximum Gasteiger partial charge on any atom is 0.258 e. The summed E-state index contributed by atoms with van der Waals surface area (Å²) in [4.78, 5) is 20.0. The number of H-pyrrole nitrogens is 1. The van der Waals surface area contributed by atoms with Gasteiger partial charge in [-0.15, -0.1) is 0 Å². The van der Waals surface area contributed by atoms with E-state index in [0.717, 1.165) is 42.4 Å². The number of aromatic nitrogens is 2. The number of anilines is 1. The number of nitrogens with zero attached hydrogens (tertiary/aromatic N) is 3. The lowest BCUT2D eigenvalue weighted by Gasteiger charge is -2.15. The fourth-order valence-corrected chi connectivity index (χ4v) is 2.90. The number of para-hydroxylation sites is 2. The molecular weight excluding hydrogens is 240 g/mol. The number of carbonyl (C=O) groups excluding carboxylic acids is 1. The van der Waals surface area contributed by atoms with Gasteiger partial charge >= 0.3 is 0 Å². The second-order valence-corrected chi connectivity index (χ2v) is 5.12. The summed E-state index contributed by atoms with van der Waals surface area (Å²) < 4.78 is 0. The zero-order valence-electron chi connectivity index (χ0n) is 10.5. The van der Waals surface area contributed by atoms with Crippen LogP contribution in [-0.2, 0) is 4.79 Å². The minimum atomic E-state index is -0.0121. The Morgan fingerprint density at radius 3 is 3.00 bits per heavy atom. The number of rotatable bonds is 1. The molecule has 0 saturated heterocycles. The second kappa shape index (κ2) is 3.91. The van der Waals surface area contributed by atoms with Crippen LogP contribution in [0.2, 0.25) is 0 Å². The second-order valence-electron chi connectivity index (χ2n) is 5.12. The van der Waals surface area contributed by atoms with Crippen molar-refractivity contribution in [2.75, 3.05) is 5.01 Å². The highest BCUT2D eigenvalue weighted by Gasteiger charge is 2.38. The van der Waals surface area contributed by atoms with Gasteiger partial charge in [-0.1, -0.05) is 18.6 Å². The smallest absolute Gasteiger partial charge is 0.258 e. The summed E-state index contributed by atoms with van der Waals surface area (Å²) in [5, 5.41) is 5.91. The number of hydrogen-bond donors (Lipinski definition) is 1. The Balaban J connectivity index is 1.76. The van der Waals surface area contributed by atoms with Gasteiger partial charge in [-0.3, -0.25) is 4.79 Å². The van der Waals surface area contributed by atoms with Gasteiger partial charge in [0.1, 0.15) is 0 Å². The van der Waals surface area contributed by atoms with Crippen LogP contribution in [0.1, 0.15) is 25.7 Å². The Labute approximate surface area is 110 Å². The van der Waals surface area contributed by atoms with Crippen LogP contribution in [0, 0.1) is 5.92 Å². The summed E-state index contributed by atoms with van der Waals surface area (Å²) in [6.45, 7) is 0. The van der Waals surface area contributed by atoms with Crippen molar-refractivity contribution in [2.24, 2.45) is 11.0 Å². The average molecular weight is 254 g/mol. The first-order chi connectivity index (χ1) is 9.33. The third-order valence-corrected chi connectivity index (χ3v) is 3.89. The monoisotopic (exact) mass is 254 g/mol. The lowest BCUT2D eigenvalue weighted by Crippen LogP contribution is -2.29. The molecule has 5 heteroatoms. The predicted octanol–water partition coefficient (Wildman–Crippen LogP) is 2.46. The third-order valence-electron chi connectivity index (χ3n) is 3.89. The standard InChI is InChI=1S/C14H14N4O/c19-13-9-5-1-2-6-10(9)17-18(13)14-15-11-7-3-4-8-12(11)16-14/h3-4,7-9H,1-2,5-6H2,(H,15,16). The van der Waals surface area contributed by atoms with Gasteiger partial charge in [0.05, 0.1) is 22.7 Å². The molecular formula is C14H14N4O. The molecule has 19 heavy (non-hydrogen) atoms. The molecule has 1 unspecified atom stereocenters. The minimum absolute atomic E-state index is 0.0121. The number of nitrogens with one attached hydrogen (secondary N) is 1. The lowest BCUT2D eigenvalue weighted by molar-refractivity contribution is -0.120. The van der Waals surface area contributed by atoms with E-state index in [2.05, 4.69) is 15.1 Å². The van der Waals surface area contributed by atoms with Gasteiger partial charge in [-0.2, -0.15) is 10.1 Å². The molecule has 1 aromatic carbocycles. The van der Waals surface area contributed by atoms with Crippen LogP contribution in [0.5, 0.6) is 0 Å². The van der Waals surface area contributed by atoms with Crippen LogP contribution < -0.4 is 5.01 Å². The quantitative estimate of drug-likeness (QED) is 0.849. The lowest BCUT2D eigenvalue weighted by atomic mass is 9.87. The summed E-state index contributed by atoms with van der Waals surface area (Å²) in [6, 6.07) is 7.76. The summed E-state index contributed by atoms with van der Waals surface area (Å²) >= 11 is 0. The zero-order valence-corrected chi connectivity index (χ0v) is 10.5. The van der Waals surface area contributed by atoms with Crippen molar-refractivity contribution in [3.05, 3.63) is 24.3 Å². The molecule has 96 valence electrons. The highest BCUT2D eigenvalue weighted by Crippen LogP contribution is 2.31. The Morgan fingerprint density at radius 1 is 1.26 bits per heavy atom. The summed E-state index contributed by atoms with van der Waals surface area (Å²) in [7, 11) is 0. The van der Waals surface area contributed by atoms with Crippen LogP contribution in [0.3, 0.4) is 0 Å². The summed E-state index contributed by atoms with van der Waals surface area (Å²) in [5.41, 5.74) is 2.82. The van der Waals surface area contributed by atoms with E-state index >= 15 is 0 Å². The van der Waals surface area contributed by atoms with Gasteiger partial charge in [0.15, 0.2) is 0 Å². The van der Waals surface area contributed by atoms with E-state index in [1.165, 1.54) is 5.01 Å². The molecule has 0 radical (unpaired) electrons. The predicted molar refractivity (Wildman–Crippen MR) is 73.0 cm³/mol. The molecule has 1 amide bonds. The number of aromatic amines is 1. The first-order valence-corrected chi connectivity index (χ1v) is 6.69. The van der Waals surface area contributed by atoms with Gasteiger partial charge in [-0.05, 0) is 31.4 Å². The van der Waals surface area contributed by atoms with E-state index in [9.17, 15) is 4.79 Å². The van der Waals surface area contributed by atoms with Crippen molar-refractivity contribution < 1.29 is 4.79 Å². The Morgan fingerprint density at radius 2 is 2.16 bits per heavy atom. The van der Waals surface area contributed by atoms with E-state index < -0.39 is 0 Å². The third kappa shape index (κ3) is 1.58. The van der Waals surface area contributed by atoms with Gasteiger partial charge in [-0.25, -0.2) is 4.98 Å². The highest BCUT2D eigenvalue weighted by molar-refractivity contribution is 6.15. The number of hydrogen-bond acceptors (Lipinski definition) is 3. The summed E-state index contributed by atoms with van der Waals surface area (Å²) in [5.74, 6) is 0.587. The maximum atomic E-state index is 12.4. The average Bonchev–Trinajstić information content (AvgIpc) is 3.00. The maximum absolute atomic E-state index is 12.4. The molecule has 1 atom stereocenters. The van der Waals surface area contributed by atoms with Crippen molar-refractivity contribution in [3.63, 3.8) is 0 Å². The van der Waals surface area contributed by atoms with Gasteiger partial charge < -0.3 is 4.98 Å². The molecule has 1 aliphatic carbocycles. The number of benzene rings is 1. The van der Waals surface area contributed by atoms with E-state index in [1.54, 1.807) is 0 Å². The Kier molecular flexibility index (Phi) is 2.21. The molecule has 0 spiro atoms. The van der Waals surface area contributed by atoms with Crippen LogP contribution in [0.25, 0.3) is 11.0 Å². The van der Waals surface area contributed by atoms with Crippen molar-refractivity contribution in [2.45, 2.75) is 25.7 Å². The number of fused-ring (bicyclic) bond motifs is 2. The molecule has 2 heterocycles. The molecule has 1 saturated carbocycles. The van der Waals surface area contributed by atoms with E-state index in [4.69, 9.17) is 0 Å². The molecule has 0 bridgehead atoms. The normalized spacial score (nSPS) is 22.7. The van der Waals surface area contributed by atoms with E-state index in [-0.39, 0.29) is 11.8 Å². The number of hydrazone groups is 1. The van der Waals surface area contributed by atoms with Crippen molar-refractivity contribution in [1.29, 1.82) is 0 Å². The Hall–Kier alpha value is -2.17. The first kappa shape index (κ1) is 10.7. The molecule has 4 rings (SSSR count). The van der Waals surface area contributed by atoms with Gasteiger partial charge in [0, 0.05) is 0 Å². The van der Waals surface area contributed by atoms with Crippen LogP contribution in [0.4, 0.5) is 5.95 Å². The molecule has 2 aliphatic rings. The van der Waals surface area contributed by atoms with Gasteiger partial charge in [0.25, 0.3) is 5.91 Å². The largest absolute Gasteiger partial charge is 0.322 e. The Bertz CT molecular complexity index is 655. The SMILES string of the molecule is O=C1C2CCCCC2=NN1c1nc2ccccc2[nH]1. The van der Waals surface area contributed by atoms with Crippen molar-refractivity contribution in [3.8, 4) is 0 Å². The highest BCUT2D eigenvalue weighted by atomic mass is 16.2. The number of carbonyl (C=O) groups is 1. The number of amides is 1. The van der Waals surface area contributed by atoms with Crippen LogP contribution in [0.15, 0.2) is 29.4 Å². The molecule has 1 fully saturated rings. The first-order valence-electron chi connectivity index (χ1n) is 6.69. The molecule has 1 N–H and O–H groups in total. The molecule has 1 aliphatic heterocycles. The fraction of sp³-hybridized carbons (Fsp3) is 0.357. The minimum Gasteiger partial charge on any atom is -0.322 e. The van der Waals surface area contributed by atoms with Crippen molar-refractivity contribution >= 4 is 28.6 Å². The molecule has 1 aromatic heterocycles. The van der Waals surface area contributed by atoms with Crippen LogP contribution in [-0.4, -0.2) is 21.6 Å². The molecule has 5 nitrogen and oxygen atoms in total. The summed E-state index contributed by atoms with van der Waals surface area (Å²) in [6.07, 6.45) is 4.11. The molecule has 2 aromatic rings. The van der Waals surface area contributed by atoms with E-state index in [1.807, 2.05) is 24.3 Å². The van der Waals surface area contributed by atoms with Crippen LogP contribution >= 0.6 is 0 Å². The van der Waals surface area contributed by atoms with Gasteiger partial charge in [0.2, 0.25) is 5.95 Å². The topological polar surface area (TPSA) is 61.4 Å².